The third kappa shape index (κ3) is 3.99. The van der Waals surface area contributed by atoms with E-state index in [-0.39, 0.29) is 0 Å². The number of aliphatic hydroxyl groups excluding tert-OH is 1. The summed E-state index contributed by atoms with van der Waals surface area (Å²) in [6, 6.07) is 2.78. The Kier molecular flexibility index (Phi) is 4.83. The van der Waals surface area contributed by atoms with Gasteiger partial charge in [0.15, 0.2) is 17.5 Å². The number of hydrogen-bond donors (Lipinski definition) is 4. The van der Waals surface area contributed by atoms with Crippen LogP contribution in [0.5, 0.6) is 11.5 Å². The molecule has 1 aliphatic rings. The number of aliphatic carboxylic acids is 1. The largest absolute Gasteiger partial charge is 0.490 e. The summed E-state index contributed by atoms with van der Waals surface area (Å²) in [4.78, 5) is 22.4. The van der Waals surface area contributed by atoms with Crippen molar-refractivity contribution in [3.63, 3.8) is 0 Å². The van der Waals surface area contributed by atoms with E-state index in [0.29, 0.717) is 30.4 Å². The summed E-state index contributed by atoms with van der Waals surface area (Å²) in [6.07, 6.45) is 0.773. The zero-order chi connectivity index (χ0) is 15.2. The van der Waals surface area contributed by atoms with Gasteiger partial charge in [0.1, 0.15) is 0 Å². The first-order valence-electron chi connectivity index (χ1n) is 6.41. The van der Waals surface area contributed by atoms with Gasteiger partial charge >= 0.3 is 12.0 Å². The van der Waals surface area contributed by atoms with E-state index in [1.807, 2.05) is 0 Å². The van der Waals surface area contributed by atoms with Gasteiger partial charge in [-0.3, -0.25) is 0 Å². The number of ether oxygens (including phenoxy) is 2. The van der Waals surface area contributed by atoms with Crippen LogP contribution in [0.25, 0.3) is 0 Å². The highest BCUT2D eigenvalue weighted by molar-refractivity contribution is 5.92. The summed E-state index contributed by atoms with van der Waals surface area (Å²) in [5.41, 5.74) is 0.429. The van der Waals surface area contributed by atoms with E-state index >= 15 is 0 Å². The fourth-order valence-corrected chi connectivity index (χ4v) is 1.75. The van der Waals surface area contributed by atoms with Gasteiger partial charge < -0.3 is 30.3 Å². The third-order valence-electron chi connectivity index (χ3n) is 2.79. The van der Waals surface area contributed by atoms with Crippen LogP contribution in [0.4, 0.5) is 10.5 Å². The molecule has 8 nitrogen and oxygen atoms in total. The Balaban J connectivity index is 2.01. The fourth-order valence-electron chi connectivity index (χ4n) is 1.75. The summed E-state index contributed by atoms with van der Waals surface area (Å²) in [5.74, 6) is -0.203. The quantitative estimate of drug-likeness (QED) is 0.639. The average molecular weight is 296 g/mol. The molecule has 0 saturated carbocycles. The molecule has 0 radical (unpaired) electrons. The second-order valence-electron chi connectivity index (χ2n) is 4.38. The van der Waals surface area contributed by atoms with E-state index in [1.165, 1.54) is 0 Å². The molecule has 4 N–H and O–H groups in total. The first-order valence-corrected chi connectivity index (χ1v) is 6.41. The van der Waals surface area contributed by atoms with E-state index in [4.69, 9.17) is 19.7 Å². The number of nitrogens with one attached hydrogen (secondary N) is 2. The number of aliphatic hydroxyl groups is 1. The lowest BCUT2D eigenvalue weighted by molar-refractivity contribution is -0.140. The van der Waals surface area contributed by atoms with Crippen LogP contribution >= 0.6 is 0 Å². The molecule has 0 unspecified atom stereocenters. The molecule has 21 heavy (non-hydrogen) atoms. The molecular weight excluding hydrogens is 280 g/mol. The summed E-state index contributed by atoms with van der Waals surface area (Å²) in [6.45, 7) is 0.398. The Morgan fingerprint density at radius 3 is 2.62 bits per heavy atom. The Morgan fingerprint density at radius 1 is 1.24 bits per heavy atom. The second-order valence-corrected chi connectivity index (χ2v) is 4.38. The summed E-state index contributed by atoms with van der Waals surface area (Å²) < 4.78 is 10.9. The molecule has 0 spiro atoms. The van der Waals surface area contributed by atoms with Gasteiger partial charge in [0, 0.05) is 18.2 Å². The van der Waals surface area contributed by atoms with Gasteiger partial charge in [0.05, 0.1) is 19.8 Å². The molecule has 2 amide bonds. The number of rotatable bonds is 4. The van der Waals surface area contributed by atoms with Crippen molar-refractivity contribution in [2.75, 3.05) is 25.1 Å². The van der Waals surface area contributed by atoms with Gasteiger partial charge in [0.25, 0.3) is 0 Å². The van der Waals surface area contributed by atoms with Gasteiger partial charge in [-0.2, -0.15) is 0 Å². The van der Waals surface area contributed by atoms with Crippen LogP contribution in [0.15, 0.2) is 18.2 Å². The molecule has 0 aliphatic carbocycles. The standard InChI is InChI=1S/C13H16N2O6/c16-7-9(12(17)18)15-13(19)14-8-2-3-10-11(6-8)21-5-1-4-20-10/h2-3,6,9,16H,1,4-5,7H2,(H,17,18)(H2,14,15,19)/t9-/m1/s1. The van der Waals surface area contributed by atoms with Gasteiger partial charge in [0.2, 0.25) is 0 Å². The van der Waals surface area contributed by atoms with Crippen molar-refractivity contribution in [2.45, 2.75) is 12.5 Å². The summed E-state index contributed by atoms with van der Waals surface area (Å²) in [7, 11) is 0. The van der Waals surface area contributed by atoms with E-state index in [0.717, 1.165) is 6.42 Å². The minimum atomic E-state index is -1.36. The first-order chi connectivity index (χ1) is 10.1. The maximum absolute atomic E-state index is 11.7. The molecule has 1 aliphatic heterocycles. The molecule has 1 atom stereocenters. The van der Waals surface area contributed by atoms with E-state index in [2.05, 4.69) is 10.6 Å². The Bertz CT molecular complexity index is 533. The highest BCUT2D eigenvalue weighted by atomic mass is 16.5. The number of anilines is 1. The number of fused-ring (bicyclic) bond motifs is 1. The van der Waals surface area contributed by atoms with Crippen LogP contribution in [0.2, 0.25) is 0 Å². The zero-order valence-electron chi connectivity index (χ0n) is 11.2. The predicted octanol–water partition coefficient (Wildman–Crippen LogP) is 0.415. The van der Waals surface area contributed by atoms with Crippen molar-refractivity contribution < 1.29 is 29.3 Å². The normalized spacial score (nSPS) is 14.7. The molecule has 0 bridgehead atoms. The van der Waals surface area contributed by atoms with E-state index in [1.54, 1.807) is 18.2 Å². The lowest BCUT2D eigenvalue weighted by Crippen LogP contribution is -2.45. The number of benzene rings is 1. The number of carboxylic acids is 1. The molecule has 1 heterocycles. The number of amides is 2. The Hall–Kier alpha value is -2.48. The average Bonchev–Trinajstić information content (AvgIpc) is 2.69. The van der Waals surface area contributed by atoms with Crippen LogP contribution < -0.4 is 20.1 Å². The van der Waals surface area contributed by atoms with Crippen LogP contribution in [0.1, 0.15) is 6.42 Å². The van der Waals surface area contributed by atoms with Gasteiger partial charge in [-0.25, -0.2) is 9.59 Å². The molecule has 0 saturated heterocycles. The van der Waals surface area contributed by atoms with Crippen LogP contribution in [0, 0.1) is 0 Å². The molecular formula is C13H16N2O6. The molecule has 0 fully saturated rings. The number of carboxylic acid groups (broad SMARTS) is 1. The Labute approximate surface area is 120 Å². The highest BCUT2D eigenvalue weighted by Gasteiger charge is 2.19. The number of hydrogen-bond acceptors (Lipinski definition) is 5. The zero-order valence-corrected chi connectivity index (χ0v) is 11.2. The van der Waals surface area contributed by atoms with Crippen molar-refractivity contribution in [1.82, 2.24) is 5.32 Å². The molecule has 114 valence electrons. The molecule has 0 aromatic heterocycles. The van der Waals surface area contributed by atoms with Crippen molar-refractivity contribution in [3.8, 4) is 11.5 Å². The SMILES string of the molecule is O=C(Nc1ccc2c(c1)OCCCO2)N[C@H](CO)C(=O)O. The van der Waals surface area contributed by atoms with Crippen molar-refractivity contribution in [3.05, 3.63) is 18.2 Å². The van der Waals surface area contributed by atoms with Gasteiger partial charge in [-0.1, -0.05) is 0 Å². The minimum Gasteiger partial charge on any atom is -0.490 e. The van der Waals surface area contributed by atoms with Gasteiger partial charge in [-0.15, -0.1) is 0 Å². The lowest BCUT2D eigenvalue weighted by Gasteiger charge is -2.14. The van der Waals surface area contributed by atoms with Crippen molar-refractivity contribution in [2.24, 2.45) is 0 Å². The number of carbonyl (C=O) groups excluding carboxylic acids is 1. The summed E-state index contributed by atoms with van der Waals surface area (Å²) in [5, 5.41) is 22.2. The van der Waals surface area contributed by atoms with Crippen molar-refractivity contribution >= 4 is 17.7 Å². The van der Waals surface area contributed by atoms with Crippen LogP contribution in [0.3, 0.4) is 0 Å². The van der Waals surface area contributed by atoms with Crippen LogP contribution in [-0.2, 0) is 4.79 Å². The minimum absolute atomic E-state index is 0.429. The molecule has 8 heteroatoms. The summed E-state index contributed by atoms with van der Waals surface area (Å²) >= 11 is 0. The van der Waals surface area contributed by atoms with Gasteiger partial charge in [-0.05, 0) is 12.1 Å². The smallest absolute Gasteiger partial charge is 0.328 e. The predicted molar refractivity (Wildman–Crippen MR) is 72.7 cm³/mol. The van der Waals surface area contributed by atoms with Crippen LogP contribution in [-0.4, -0.2) is 48.1 Å². The molecule has 1 aromatic carbocycles. The maximum Gasteiger partial charge on any atom is 0.328 e. The lowest BCUT2D eigenvalue weighted by atomic mass is 10.2. The van der Waals surface area contributed by atoms with E-state index in [9.17, 15) is 9.59 Å². The van der Waals surface area contributed by atoms with Crippen molar-refractivity contribution in [1.29, 1.82) is 0 Å². The highest BCUT2D eigenvalue weighted by Crippen LogP contribution is 2.32. The Morgan fingerprint density at radius 2 is 1.95 bits per heavy atom. The number of urea groups is 1. The molecule has 2 rings (SSSR count). The monoisotopic (exact) mass is 296 g/mol. The second kappa shape index (κ2) is 6.80. The fraction of sp³-hybridized carbons (Fsp3) is 0.385. The third-order valence-corrected chi connectivity index (χ3v) is 2.79. The number of carbonyl (C=O) groups is 2. The first kappa shape index (κ1) is 14.9. The molecule has 1 aromatic rings. The van der Waals surface area contributed by atoms with E-state index < -0.39 is 24.6 Å². The topological polar surface area (TPSA) is 117 Å². The maximum atomic E-state index is 11.7.